The van der Waals surface area contributed by atoms with Gasteiger partial charge >= 0.3 is 0 Å². The third-order valence-electron chi connectivity index (χ3n) is 4.19. The maximum Gasteiger partial charge on any atom is 0.202 e. The molecule has 3 aromatic rings. The lowest BCUT2D eigenvalue weighted by molar-refractivity contribution is -0.118. The molecule has 0 radical (unpaired) electrons. The van der Waals surface area contributed by atoms with Gasteiger partial charge in [0, 0.05) is 12.6 Å². The number of aliphatic hydroxyl groups excluding tert-OH is 1. The first kappa shape index (κ1) is 18.0. The van der Waals surface area contributed by atoms with Crippen molar-refractivity contribution >= 4 is 5.78 Å². The van der Waals surface area contributed by atoms with Crippen LogP contribution < -0.4 is 0 Å². The molecule has 0 aliphatic carbocycles. The topological polar surface area (TPSA) is 76.2 Å². The number of Topliss-reactive ketones (excluding diaryl/α,β-unsaturated/α-hetero) is 1. The number of aliphatic hydroxyl groups is 1. The van der Waals surface area contributed by atoms with Gasteiger partial charge in [-0.3, -0.25) is 9.78 Å². The van der Waals surface area contributed by atoms with Crippen LogP contribution in [0.5, 0.6) is 0 Å². The van der Waals surface area contributed by atoms with Crippen molar-refractivity contribution in [1.29, 1.82) is 0 Å². The molecule has 0 aliphatic heterocycles. The van der Waals surface area contributed by atoms with Crippen LogP contribution in [0.3, 0.4) is 0 Å². The second-order valence-electron chi connectivity index (χ2n) is 6.22. The Kier molecular flexibility index (Phi) is 6.28. The van der Waals surface area contributed by atoms with Gasteiger partial charge in [-0.2, -0.15) is 0 Å². The quantitative estimate of drug-likeness (QED) is 0.587. The molecule has 1 N–H and O–H groups in total. The second-order valence-corrected chi connectivity index (χ2v) is 6.22. The van der Waals surface area contributed by atoms with Crippen molar-refractivity contribution in [3.8, 4) is 11.5 Å². The van der Waals surface area contributed by atoms with Crippen LogP contribution in [0.4, 0.5) is 0 Å². The highest BCUT2D eigenvalue weighted by atomic mass is 16.4. The van der Waals surface area contributed by atoms with E-state index < -0.39 is 6.10 Å². The minimum Gasteiger partial charge on any atom is -0.439 e. The number of carbonyl (C=O) groups is 1. The Morgan fingerprint density at radius 2 is 1.85 bits per heavy atom. The van der Waals surface area contributed by atoms with Gasteiger partial charge in [0.15, 0.2) is 5.76 Å². The van der Waals surface area contributed by atoms with Gasteiger partial charge in [-0.1, -0.05) is 42.8 Å². The largest absolute Gasteiger partial charge is 0.439 e. The van der Waals surface area contributed by atoms with Crippen LogP contribution in [0.25, 0.3) is 11.5 Å². The van der Waals surface area contributed by atoms with Crippen molar-refractivity contribution in [1.82, 2.24) is 9.97 Å². The highest BCUT2D eigenvalue weighted by molar-refractivity contribution is 5.80. The Morgan fingerprint density at radius 3 is 2.62 bits per heavy atom. The van der Waals surface area contributed by atoms with E-state index in [0.717, 1.165) is 18.4 Å². The molecule has 2 heterocycles. The third-order valence-corrected chi connectivity index (χ3v) is 4.19. The van der Waals surface area contributed by atoms with Gasteiger partial charge in [0.05, 0.1) is 18.7 Å². The molecular weight excluding hydrogens is 328 g/mol. The Bertz CT molecular complexity index is 816. The van der Waals surface area contributed by atoms with Crippen LogP contribution in [0, 0.1) is 0 Å². The first-order valence-corrected chi connectivity index (χ1v) is 8.83. The van der Waals surface area contributed by atoms with Crippen molar-refractivity contribution in [3.63, 3.8) is 0 Å². The van der Waals surface area contributed by atoms with E-state index in [1.54, 1.807) is 12.4 Å². The number of aromatic nitrogens is 2. The van der Waals surface area contributed by atoms with Crippen molar-refractivity contribution in [2.45, 2.75) is 38.2 Å². The standard InChI is InChI=1S/C21H22N2O3/c24-17(10-4-5-12-19(25)16-8-2-1-3-9-16)14-21-23-15-20(26-21)18-11-6-7-13-22-18/h1-3,6-9,11,13,15,19,25H,4-5,10,12,14H2. The molecule has 0 saturated heterocycles. The molecule has 5 nitrogen and oxygen atoms in total. The second kappa shape index (κ2) is 9.06. The maximum atomic E-state index is 12.1. The number of hydrogen-bond donors (Lipinski definition) is 1. The molecule has 134 valence electrons. The van der Waals surface area contributed by atoms with E-state index in [1.165, 1.54) is 0 Å². The lowest BCUT2D eigenvalue weighted by Crippen LogP contribution is -2.03. The van der Waals surface area contributed by atoms with Gasteiger partial charge in [0.1, 0.15) is 11.5 Å². The number of oxazole rings is 1. The molecule has 1 aromatic carbocycles. The predicted molar refractivity (Wildman–Crippen MR) is 98.3 cm³/mol. The van der Waals surface area contributed by atoms with Crippen LogP contribution in [0.15, 0.2) is 65.3 Å². The summed E-state index contributed by atoms with van der Waals surface area (Å²) < 4.78 is 5.61. The summed E-state index contributed by atoms with van der Waals surface area (Å²) in [4.78, 5) is 20.5. The van der Waals surface area contributed by atoms with Gasteiger partial charge < -0.3 is 9.52 Å². The summed E-state index contributed by atoms with van der Waals surface area (Å²) in [5, 5.41) is 10.1. The molecule has 1 unspecified atom stereocenters. The Hall–Kier alpha value is -2.79. The van der Waals surface area contributed by atoms with Crippen LogP contribution in [0.2, 0.25) is 0 Å². The van der Waals surface area contributed by atoms with Crippen LogP contribution in [0.1, 0.15) is 43.2 Å². The van der Waals surface area contributed by atoms with Crippen molar-refractivity contribution in [2.24, 2.45) is 0 Å². The van der Waals surface area contributed by atoms with Crippen LogP contribution >= 0.6 is 0 Å². The fraction of sp³-hybridized carbons (Fsp3) is 0.286. The summed E-state index contributed by atoms with van der Waals surface area (Å²) in [6.45, 7) is 0. The predicted octanol–water partition coefficient (Wildman–Crippen LogP) is 4.14. The summed E-state index contributed by atoms with van der Waals surface area (Å²) in [5.74, 6) is 1.08. The van der Waals surface area contributed by atoms with E-state index in [9.17, 15) is 9.90 Å². The zero-order chi connectivity index (χ0) is 18.2. The summed E-state index contributed by atoms with van der Waals surface area (Å²) in [6, 6.07) is 15.1. The molecule has 3 rings (SSSR count). The number of hydrogen-bond acceptors (Lipinski definition) is 5. The summed E-state index contributed by atoms with van der Waals surface area (Å²) in [6.07, 6.45) is 5.66. The van der Waals surface area contributed by atoms with E-state index in [2.05, 4.69) is 9.97 Å². The van der Waals surface area contributed by atoms with Crippen molar-refractivity contribution in [2.75, 3.05) is 0 Å². The first-order valence-electron chi connectivity index (χ1n) is 8.83. The number of nitrogens with zero attached hydrogens (tertiary/aromatic N) is 2. The minimum atomic E-state index is -0.473. The lowest BCUT2D eigenvalue weighted by atomic mass is 10.0. The highest BCUT2D eigenvalue weighted by Crippen LogP contribution is 2.20. The van der Waals surface area contributed by atoms with E-state index >= 15 is 0 Å². The number of rotatable bonds is 9. The molecule has 1 atom stereocenters. The number of ketones is 1. The van der Waals surface area contributed by atoms with E-state index in [1.807, 2.05) is 48.5 Å². The van der Waals surface area contributed by atoms with Gasteiger partial charge in [0.25, 0.3) is 0 Å². The van der Waals surface area contributed by atoms with E-state index in [-0.39, 0.29) is 12.2 Å². The molecule has 0 amide bonds. The van der Waals surface area contributed by atoms with Gasteiger partial charge in [-0.15, -0.1) is 0 Å². The maximum absolute atomic E-state index is 12.1. The minimum absolute atomic E-state index is 0.0913. The van der Waals surface area contributed by atoms with Gasteiger partial charge in [0.2, 0.25) is 5.89 Å². The molecule has 26 heavy (non-hydrogen) atoms. The van der Waals surface area contributed by atoms with Crippen molar-refractivity contribution in [3.05, 3.63) is 72.4 Å². The SMILES string of the molecule is O=C(CCCCC(O)c1ccccc1)Cc1ncc(-c2ccccn2)o1. The molecule has 0 bridgehead atoms. The molecular formula is C21H22N2O3. The zero-order valence-electron chi connectivity index (χ0n) is 14.5. The van der Waals surface area contributed by atoms with Crippen molar-refractivity contribution < 1.29 is 14.3 Å². The van der Waals surface area contributed by atoms with E-state index in [0.29, 0.717) is 30.2 Å². The monoisotopic (exact) mass is 350 g/mol. The summed E-state index contributed by atoms with van der Waals surface area (Å²) >= 11 is 0. The molecule has 5 heteroatoms. The molecule has 0 fully saturated rings. The van der Waals surface area contributed by atoms with Crippen LogP contribution in [-0.4, -0.2) is 20.9 Å². The summed E-state index contributed by atoms with van der Waals surface area (Å²) in [7, 11) is 0. The van der Waals surface area contributed by atoms with Crippen LogP contribution in [-0.2, 0) is 11.2 Å². The average molecular weight is 350 g/mol. The fourth-order valence-corrected chi connectivity index (χ4v) is 2.78. The number of benzene rings is 1. The highest BCUT2D eigenvalue weighted by Gasteiger charge is 2.12. The molecule has 0 spiro atoms. The van der Waals surface area contributed by atoms with Gasteiger partial charge in [-0.05, 0) is 30.5 Å². The lowest BCUT2D eigenvalue weighted by Gasteiger charge is -2.10. The molecule has 0 aliphatic rings. The van der Waals surface area contributed by atoms with E-state index in [4.69, 9.17) is 4.42 Å². The Balaban J connectivity index is 1.40. The molecule has 2 aromatic heterocycles. The summed E-state index contributed by atoms with van der Waals surface area (Å²) in [5.41, 5.74) is 1.62. The third kappa shape index (κ3) is 5.10. The number of unbranched alkanes of at least 4 members (excludes halogenated alkanes) is 1. The Labute approximate surface area is 152 Å². The van der Waals surface area contributed by atoms with Gasteiger partial charge in [-0.25, -0.2) is 4.98 Å². The first-order chi connectivity index (χ1) is 12.7. The Morgan fingerprint density at radius 1 is 1.04 bits per heavy atom. The zero-order valence-corrected chi connectivity index (χ0v) is 14.5. The average Bonchev–Trinajstić information content (AvgIpc) is 3.15. The fourth-order valence-electron chi connectivity index (χ4n) is 2.78. The number of carbonyl (C=O) groups excluding carboxylic acids is 1. The normalized spacial score (nSPS) is 12.0. The smallest absolute Gasteiger partial charge is 0.202 e. The number of pyridine rings is 1. The molecule has 0 saturated carbocycles.